The van der Waals surface area contributed by atoms with Crippen molar-refractivity contribution in [3.63, 3.8) is 0 Å². The maximum Gasteiger partial charge on any atom is 0.416 e. The Bertz CT molecular complexity index is 644. The molecule has 2 aromatic rings. The van der Waals surface area contributed by atoms with Crippen LogP contribution in [0.15, 0.2) is 36.4 Å². The second kappa shape index (κ2) is 5.03. The predicted octanol–water partition coefficient (Wildman–Crippen LogP) is 3.89. The van der Waals surface area contributed by atoms with Gasteiger partial charge >= 0.3 is 12.1 Å². The quantitative estimate of drug-likeness (QED) is 0.928. The van der Waals surface area contributed by atoms with Gasteiger partial charge in [-0.1, -0.05) is 12.1 Å². The zero-order valence-corrected chi connectivity index (χ0v) is 10.6. The fourth-order valence-electron chi connectivity index (χ4n) is 2.10. The molecule has 0 fully saturated rings. The van der Waals surface area contributed by atoms with Crippen LogP contribution in [0.4, 0.5) is 13.2 Å². The summed E-state index contributed by atoms with van der Waals surface area (Å²) in [7, 11) is 0. The average molecular weight is 283 g/mol. The number of carboxylic acids is 1. The van der Waals surface area contributed by atoms with E-state index in [4.69, 9.17) is 5.11 Å². The summed E-state index contributed by atoms with van der Waals surface area (Å²) in [6.07, 6.45) is -4.42. The van der Waals surface area contributed by atoms with Gasteiger partial charge in [0.15, 0.2) is 0 Å². The van der Waals surface area contributed by atoms with E-state index >= 15 is 0 Å². The zero-order valence-electron chi connectivity index (χ0n) is 10.6. The third-order valence-electron chi connectivity index (χ3n) is 3.00. The number of hydrogen-bond donors (Lipinski definition) is 1. The van der Waals surface area contributed by atoms with Crippen LogP contribution in [0.1, 0.15) is 23.0 Å². The number of carboxylic acid groups (broad SMARTS) is 1. The van der Waals surface area contributed by atoms with Gasteiger partial charge in [0.2, 0.25) is 0 Å². The van der Waals surface area contributed by atoms with Gasteiger partial charge in [0.1, 0.15) is 5.69 Å². The predicted molar refractivity (Wildman–Crippen MR) is 67.5 cm³/mol. The molecule has 0 amide bonds. The number of rotatable bonds is 3. The number of alkyl halides is 3. The molecule has 106 valence electrons. The van der Waals surface area contributed by atoms with Crippen molar-refractivity contribution in [3.05, 3.63) is 47.7 Å². The van der Waals surface area contributed by atoms with Crippen molar-refractivity contribution in [1.82, 2.24) is 4.57 Å². The second-order valence-electron chi connectivity index (χ2n) is 4.23. The maximum atomic E-state index is 12.7. The van der Waals surface area contributed by atoms with Crippen molar-refractivity contribution in [2.75, 3.05) is 0 Å². The average Bonchev–Trinajstić information content (AvgIpc) is 2.81. The molecule has 0 aliphatic rings. The molecule has 0 atom stereocenters. The molecule has 2 rings (SSSR count). The number of aromatic carboxylic acids is 1. The summed E-state index contributed by atoms with van der Waals surface area (Å²) in [6.45, 7) is 2.10. The van der Waals surface area contributed by atoms with E-state index in [0.717, 1.165) is 12.1 Å². The third-order valence-corrected chi connectivity index (χ3v) is 3.00. The molecule has 1 heterocycles. The molecular weight excluding hydrogens is 271 g/mol. The lowest BCUT2D eigenvalue weighted by Crippen LogP contribution is -2.09. The highest BCUT2D eigenvalue weighted by atomic mass is 19.4. The summed E-state index contributed by atoms with van der Waals surface area (Å²) in [5.41, 5.74) is 0.0980. The van der Waals surface area contributed by atoms with Gasteiger partial charge in [-0.25, -0.2) is 4.79 Å². The number of aromatic nitrogens is 1. The first kappa shape index (κ1) is 14.2. The van der Waals surface area contributed by atoms with E-state index in [1.807, 2.05) is 0 Å². The molecular formula is C14H12F3NO2. The highest BCUT2D eigenvalue weighted by Gasteiger charge is 2.30. The lowest BCUT2D eigenvalue weighted by atomic mass is 10.1. The number of halogens is 3. The number of nitrogens with zero attached hydrogens (tertiary/aromatic N) is 1. The summed E-state index contributed by atoms with van der Waals surface area (Å²) < 4.78 is 39.6. The molecule has 0 aliphatic carbocycles. The molecule has 0 saturated heterocycles. The van der Waals surface area contributed by atoms with Crippen LogP contribution in [-0.4, -0.2) is 15.6 Å². The van der Waals surface area contributed by atoms with Crippen molar-refractivity contribution in [3.8, 4) is 11.3 Å². The van der Waals surface area contributed by atoms with Crippen molar-refractivity contribution >= 4 is 5.97 Å². The molecule has 0 radical (unpaired) electrons. The van der Waals surface area contributed by atoms with Gasteiger partial charge < -0.3 is 9.67 Å². The van der Waals surface area contributed by atoms with E-state index in [-0.39, 0.29) is 5.69 Å². The summed E-state index contributed by atoms with van der Waals surface area (Å²) >= 11 is 0. The van der Waals surface area contributed by atoms with Crippen molar-refractivity contribution in [1.29, 1.82) is 0 Å². The van der Waals surface area contributed by atoms with Crippen molar-refractivity contribution < 1.29 is 23.1 Å². The first-order valence-electron chi connectivity index (χ1n) is 5.95. The van der Waals surface area contributed by atoms with Crippen LogP contribution in [-0.2, 0) is 12.7 Å². The largest absolute Gasteiger partial charge is 0.477 e. The van der Waals surface area contributed by atoms with E-state index in [9.17, 15) is 18.0 Å². The maximum absolute atomic E-state index is 12.7. The van der Waals surface area contributed by atoms with Gasteiger partial charge in [0.25, 0.3) is 0 Å². The molecule has 6 heteroatoms. The van der Waals surface area contributed by atoms with Crippen LogP contribution in [0.5, 0.6) is 0 Å². The van der Waals surface area contributed by atoms with E-state index < -0.39 is 17.7 Å². The van der Waals surface area contributed by atoms with E-state index in [1.54, 1.807) is 6.92 Å². The molecule has 0 bridgehead atoms. The molecule has 1 N–H and O–H groups in total. The van der Waals surface area contributed by atoms with Gasteiger partial charge in [-0.15, -0.1) is 0 Å². The minimum absolute atomic E-state index is 0.0555. The summed E-state index contributed by atoms with van der Waals surface area (Å²) in [5, 5.41) is 9.04. The SMILES string of the molecule is CCn1c(C(=O)O)ccc1-c1cccc(C(F)(F)F)c1. The monoisotopic (exact) mass is 283 g/mol. The molecule has 1 aromatic heterocycles. The Morgan fingerprint density at radius 2 is 1.95 bits per heavy atom. The Morgan fingerprint density at radius 3 is 2.50 bits per heavy atom. The molecule has 0 unspecified atom stereocenters. The Morgan fingerprint density at radius 1 is 1.25 bits per heavy atom. The minimum Gasteiger partial charge on any atom is -0.477 e. The summed E-state index contributed by atoms with van der Waals surface area (Å²) in [6, 6.07) is 7.76. The number of benzene rings is 1. The normalized spacial score (nSPS) is 11.6. The second-order valence-corrected chi connectivity index (χ2v) is 4.23. The number of carbonyl (C=O) groups is 1. The summed E-state index contributed by atoms with van der Waals surface area (Å²) in [5.74, 6) is -1.11. The van der Waals surface area contributed by atoms with Gasteiger partial charge in [0.05, 0.1) is 5.56 Å². The lowest BCUT2D eigenvalue weighted by Gasteiger charge is -2.11. The first-order valence-corrected chi connectivity index (χ1v) is 5.95. The topological polar surface area (TPSA) is 42.2 Å². The Kier molecular flexibility index (Phi) is 3.57. The summed E-state index contributed by atoms with van der Waals surface area (Å²) in [4.78, 5) is 11.1. The van der Waals surface area contributed by atoms with Crippen LogP contribution in [0.3, 0.4) is 0 Å². The third kappa shape index (κ3) is 2.54. The van der Waals surface area contributed by atoms with Gasteiger partial charge in [-0.2, -0.15) is 13.2 Å². The van der Waals surface area contributed by atoms with Crippen LogP contribution in [0, 0.1) is 0 Å². The molecule has 0 spiro atoms. The lowest BCUT2D eigenvalue weighted by molar-refractivity contribution is -0.137. The van der Waals surface area contributed by atoms with Crippen LogP contribution < -0.4 is 0 Å². The Labute approximate surface area is 113 Å². The Balaban J connectivity index is 2.55. The number of hydrogen-bond acceptors (Lipinski definition) is 1. The smallest absolute Gasteiger partial charge is 0.416 e. The molecule has 1 aromatic carbocycles. The van der Waals surface area contributed by atoms with E-state index in [2.05, 4.69) is 0 Å². The van der Waals surface area contributed by atoms with Crippen LogP contribution in [0.25, 0.3) is 11.3 Å². The molecule has 3 nitrogen and oxygen atoms in total. The van der Waals surface area contributed by atoms with Gasteiger partial charge in [0, 0.05) is 12.2 Å². The zero-order chi connectivity index (χ0) is 14.9. The molecule has 20 heavy (non-hydrogen) atoms. The van der Waals surface area contributed by atoms with E-state index in [0.29, 0.717) is 17.8 Å². The fourth-order valence-corrected chi connectivity index (χ4v) is 2.10. The van der Waals surface area contributed by atoms with Gasteiger partial charge in [-0.05, 0) is 36.8 Å². The first-order chi connectivity index (χ1) is 9.34. The minimum atomic E-state index is -4.42. The molecule has 0 aliphatic heterocycles. The van der Waals surface area contributed by atoms with Crippen LogP contribution >= 0.6 is 0 Å². The fraction of sp³-hybridized carbons (Fsp3) is 0.214. The van der Waals surface area contributed by atoms with Gasteiger partial charge in [-0.3, -0.25) is 0 Å². The standard InChI is InChI=1S/C14H12F3NO2/c1-2-18-11(6-7-12(18)13(19)20)9-4-3-5-10(8-9)14(15,16)17/h3-8H,2H2,1H3,(H,19,20). The van der Waals surface area contributed by atoms with Crippen molar-refractivity contribution in [2.45, 2.75) is 19.6 Å². The highest BCUT2D eigenvalue weighted by molar-refractivity contribution is 5.87. The highest BCUT2D eigenvalue weighted by Crippen LogP contribution is 2.32. The van der Waals surface area contributed by atoms with Crippen molar-refractivity contribution in [2.24, 2.45) is 0 Å². The Hall–Kier alpha value is -2.24. The molecule has 0 saturated carbocycles. The van der Waals surface area contributed by atoms with E-state index in [1.165, 1.54) is 28.8 Å². The van der Waals surface area contributed by atoms with Crippen LogP contribution in [0.2, 0.25) is 0 Å².